The van der Waals surface area contributed by atoms with Gasteiger partial charge in [-0.1, -0.05) is 30.3 Å². The fourth-order valence-corrected chi connectivity index (χ4v) is 4.76. The summed E-state index contributed by atoms with van der Waals surface area (Å²) in [5.74, 6) is 1.66. The molecule has 0 N–H and O–H groups in total. The first kappa shape index (κ1) is 21.9. The number of thioether (sulfide) groups is 1. The average Bonchev–Trinajstić information content (AvgIpc) is 3.44. The number of halogens is 1. The fraction of sp³-hybridized carbons (Fsp3) is 0.375. The van der Waals surface area contributed by atoms with Gasteiger partial charge < -0.3 is 18.8 Å². The number of imidazole rings is 1. The minimum Gasteiger partial charge on any atom is -0.496 e. The number of methoxy groups -OCH3 is 1. The summed E-state index contributed by atoms with van der Waals surface area (Å²) in [5, 5.41) is 0. The van der Waals surface area contributed by atoms with Crippen LogP contribution in [-0.4, -0.2) is 40.9 Å². The van der Waals surface area contributed by atoms with Crippen molar-refractivity contribution in [3.05, 3.63) is 84.2 Å². The van der Waals surface area contributed by atoms with E-state index in [2.05, 4.69) is 11.1 Å². The first-order chi connectivity index (χ1) is 15.2. The lowest BCUT2D eigenvalue weighted by molar-refractivity contribution is -0.180. The van der Waals surface area contributed by atoms with E-state index in [0.717, 1.165) is 29.2 Å². The summed E-state index contributed by atoms with van der Waals surface area (Å²) in [7, 11) is 1.70. The van der Waals surface area contributed by atoms with Crippen LogP contribution < -0.4 is 4.74 Å². The lowest BCUT2D eigenvalue weighted by Gasteiger charge is -2.28. The van der Waals surface area contributed by atoms with Crippen LogP contribution in [0, 0.1) is 5.82 Å². The van der Waals surface area contributed by atoms with Gasteiger partial charge in [0.05, 0.1) is 32.7 Å². The van der Waals surface area contributed by atoms with E-state index in [1.807, 2.05) is 52.9 Å². The van der Waals surface area contributed by atoms with Gasteiger partial charge >= 0.3 is 0 Å². The quantitative estimate of drug-likeness (QED) is 0.455. The predicted molar refractivity (Wildman–Crippen MR) is 120 cm³/mol. The molecule has 2 aromatic carbocycles. The van der Waals surface area contributed by atoms with E-state index in [1.165, 1.54) is 17.7 Å². The van der Waals surface area contributed by atoms with E-state index in [1.54, 1.807) is 19.6 Å². The van der Waals surface area contributed by atoms with Crippen molar-refractivity contribution in [3.63, 3.8) is 0 Å². The third kappa shape index (κ3) is 5.87. The molecule has 5 nitrogen and oxygen atoms in total. The molecule has 1 aliphatic heterocycles. The summed E-state index contributed by atoms with van der Waals surface area (Å²) in [4.78, 5) is 4.14. The summed E-state index contributed by atoms with van der Waals surface area (Å²) in [6, 6.07) is 14.7. The Morgan fingerprint density at radius 1 is 1.23 bits per heavy atom. The minimum absolute atomic E-state index is 0.0106. The van der Waals surface area contributed by atoms with Crippen molar-refractivity contribution in [2.75, 3.05) is 19.5 Å². The van der Waals surface area contributed by atoms with Crippen LogP contribution in [0.4, 0.5) is 4.39 Å². The van der Waals surface area contributed by atoms with Crippen molar-refractivity contribution in [1.29, 1.82) is 0 Å². The Morgan fingerprint density at radius 2 is 2.06 bits per heavy atom. The minimum atomic E-state index is -0.718. The summed E-state index contributed by atoms with van der Waals surface area (Å²) in [6.07, 6.45) is 6.88. The molecule has 2 atom stereocenters. The van der Waals surface area contributed by atoms with E-state index in [9.17, 15) is 4.39 Å². The molecular formula is C24H27FN2O3S. The summed E-state index contributed by atoms with van der Waals surface area (Å²) in [5.41, 5.74) is 2.24. The van der Waals surface area contributed by atoms with Crippen molar-refractivity contribution in [2.45, 2.75) is 37.0 Å². The molecule has 1 aliphatic rings. The highest BCUT2D eigenvalue weighted by Gasteiger charge is 2.41. The van der Waals surface area contributed by atoms with E-state index in [0.29, 0.717) is 19.6 Å². The van der Waals surface area contributed by atoms with Gasteiger partial charge in [-0.15, -0.1) is 0 Å². The summed E-state index contributed by atoms with van der Waals surface area (Å²) in [6.45, 7) is 1.12. The Hall–Kier alpha value is -2.35. The van der Waals surface area contributed by atoms with Gasteiger partial charge in [-0.25, -0.2) is 9.37 Å². The molecule has 0 amide bonds. The van der Waals surface area contributed by atoms with Gasteiger partial charge in [0.25, 0.3) is 0 Å². The zero-order chi connectivity index (χ0) is 21.5. The lowest BCUT2D eigenvalue weighted by Crippen LogP contribution is -2.37. The van der Waals surface area contributed by atoms with E-state index >= 15 is 0 Å². The van der Waals surface area contributed by atoms with E-state index in [4.69, 9.17) is 14.2 Å². The standard InChI is InChI=1S/C24H27FN2O3S/c1-28-23-5-3-2-4-20(23)15-31-16-22-14-29-24(30-22,17-27-13-12-26-18-27)11-10-19-6-8-21(25)9-7-19/h2-9,12-13,18,22H,10-11,14-17H2,1H3. The third-order valence-electron chi connectivity index (χ3n) is 5.36. The van der Waals surface area contributed by atoms with Crippen LogP contribution in [0.15, 0.2) is 67.3 Å². The molecule has 0 aliphatic carbocycles. The Labute approximate surface area is 186 Å². The Bertz CT molecular complexity index is 952. The molecule has 1 saturated heterocycles. The molecule has 2 unspecified atom stereocenters. The Kier molecular flexibility index (Phi) is 7.27. The highest BCUT2D eigenvalue weighted by molar-refractivity contribution is 7.98. The first-order valence-corrected chi connectivity index (χ1v) is 11.5. The third-order valence-corrected chi connectivity index (χ3v) is 6.48. The largest absolute Gasteiger partial charge is 0.496 e. The van der Waals surface area contributed by atoms with Crippen LogP contribution in [0.5, 0.6) is 5.75 Å². The van der Waals surface area contributed by atoms with Gasteiger partial charge in [0.2, 0.25) is 0 Å². The highest BCUT2D eigenvalue weighted by Crippen LogP contribution is 2.33. The van der Waals surface area contributed by atoms with Gasteiger partial charge in [0.15, 0.2) is 5.79 Å². The SMILES string of the molecule is COc1ccccc1CSCC1COC(CCc2ccc(F)cc2)(Cn2ccnc2)O1. The number of para-hydroxylation sites is 1. The lowest BCUT2D eigenvalue weighted by atomic mass is 10.0. The Morgan fingerprint density at radius 3 is 2.84 bits per heavy atom. The van der Waals surface area contributed by atoms with Crippen LogP contribution >= 0.6 is 11.8 Å². The van der Waals surface area contributed by atoms with Crippen LogP contribution in [0.1, 0.15) is 17.5 Å². The zero-order valence-electron chi connectivity index (χ0n) is 17.6. The van der Waals surface area contributed by atoms with Crippen LogP contribution in [-0.2, 0) is 28.2 Å². The number of rotatable bonds is 10. The molecular weight excluding hydrogens is 415 g/mol. The average molecular weight is 443 g/mol. The highest BCUT2D eigenvalue weighted by atomic mass is 32.2. The molecule has 2 heterocycles. The molecule has 0 saturated carbocycles. The number of aryl methyl sites for hydroxylation is 1. The van der Waals surface area contributed by atoms with Crippen LogP contribution in [0.25, 0.3) is 0 Å². The molecule has 0 radical (unpaired) electrons. The van der Waals surface area contributed by atoms with Crippen molar-refractivity contribution in [3.8, 4) is 5.75 Å². The first-order valence-electron chi connectivity index (χ1n) is 10.4. The fourth-order valence-electron chi connectivity index (χ4n) is 3.76. The second-order valence-electron chi connectivity index (χ2n) is 7.65. The monoisotopic (exact) mass is 442 g/mol. The maximum atomic E-state index is 13.2. The van der Waals surface area contributed by atoms with Crippen molar-refractivity contribution in [1.82, 2.24) is 9.55 Å². The van der Waals surface area contributed by atoms with Gasteiger partial charge in [-0.2, -0.15) is 11.8 Å². The topological polar surface area (TPSA) is 45.5 Å². The summed E-state index contributed by atoms with van der Waals surface area (Å²) < 4.78 is 33.3. The summed E-state index contributed by atoms with van der Waals surface area (Å²) >= 11 is 1.81. The van der Waals surface area contributed by atoms with Crippen molar-refractivity contribution in [2.24, 2.45) is 0 Å². The maximum absolute atomic E-state index is 13.2. The van der Waals surface area contributed by atoms with Gasteiger partial charge in [0.1, 0.15) is 11.6 Å². The molecule has 4 rings (SSSR count). The molecule has 3 aromatic rings. The van der Waals surface area contributed by atoms with Crippen molar-refractivity contribution < 1.29 is 18.6 Å². The predicted octanol–water partition coefficient (Wildman–Crippen LogP) is 4.71. The zero-order valence-corrected chi connectivity index (χ0v) is 18.4. The number of ether oxygens (including phenoxy) is 3. The van der Waals surface area contributed by atoms with Crippen LogP contribution in [0.2, 0.25) is 0 Å². The van der Waals surface area contributed by atoms with Crippen LogP contribution in [0.3, 0.4) is 0 Å². The second-order valence-corrected chi connectivity index (χ2v) is 8.68. The smallest absolute Gasteiger partial charge is 0.187 e. The molecule has 0 bridgehead atoms. The Balaban J connectivity index is 1.36. The number of nitrogens with zero attached hydrogens (tertiary/aromatic N) is 2. The number of aromatic nitrogens is 2. The van der Waals surface area contributed by atoms with E-state index in [-0.39, 0.29) is 11.9 Å². The van der Waals surface area contributed by atoms with E-state index < -0.39 is 5.79 Å². The second kappa shape index (κ2) is 10.3. The molecule has 1 aromatic heterocycles. The van der Waals surface area contributed by atoms with Gasteiger partial charge in [0, 0.05) is 35.9 Å². The normalized spacial score (nSPS) is 20.8. The molecule has 0 spiro atoms. The molecule has 7 heteroatoms. The maximum Gasteiger partial charge on any atom is 0.187 e. The van der Waals surface area contributed by atoms with Crippen molar-refractivity contribution >= 4 is 11.8 Å². The number of hydrogen-bond acceptors (Lipinski definition) is 5. The molecule has 164 valence electrons. The number of hydrogen-bond donors (Lipinski definition) is 0. The molecule has 1 fully saturated rings. The van der Waals surface area contributed by atoms with Gasteiger partial charge in [-0.3, -0.25) is 0 Å². The molecule has 31 heavy (non-hydrogen) atoms. The number of benzene rings is 2. The van der Waals surface area contributed by atoms with Gasteiger partial charge in [-0.05, 0) is 30.2 Å².